The van der Waals surface area contributed by atoms with E-state index in [4.69, 9.17) is 4.74 Å². The average molecular weight is 340 g/mol. The number of nitrogens with zero attached hydrogens (tertiary/aromatic N) is 2. The van der Waals surface area contributed by atoms with Crippen molar-refractivity contribution in [3.05, 3.63) is 59.9 Å². The van der Waals surface area contributed by atoms with Gasteiger partial charge in [0.1, 0.15) is 18.2 Å². The molecule has 1 fully saturated rings. The Balaban J connectivity index is 1.38. The van der Waals surface area contributed by atoms with Crippen LogP contribution in [0.1, 0.15) is 5.56 Å². The van der Waals surface area contributed by atoms with Crippen molar-refractivity contribution in [3.8, 4) is 5.75 Å². The predicted molar refractivity (Wildman–Crippen MR) is 94.3 cm³/mol. The zero-order valence-corrected chi connectivity index (χ0v) is 14.0. The minimum Gasteiger partial charge on any atom is -0.492 e. The van der Waals surface area contributed by atoms with Crippen molar-refractivity contribution in [3.63, 3.8) is 0 Å². The van der Waals surface area contributed by atoms with E-state index < -0.39 is 0 Å². The summed E-state index contributed by atoms with van der Waals surface area (Å²) in [5, 5.41) is 0. The van der Waals surface area contributed by atoms with Gasteiger partial charge in [0.05, 0.1) is 11.6 Å². The van der Waals surface area contributed by atoms with Gasteiger partial charge in [-0.3, -0.25) is 4.79 Å². The molecule has 0 saturated carbocycles. The summed E-state index contributed by atoms with van der Waals surface area (Å²) in [7, 11) is 0. The van der Waals surface area contributed by atoms with Gasteiger partial charge in [-0.25, -0.2) is 4.39 Å². The third-order valence-electron chi connectivity index (χ3n) is 5.01. The predicted octanol–water partition coefficient (Wildman–Crippen LogP) is 2.73. The molecule has 2 heterocycles. The third kappa shape index (κ3) is 3.18. The van der Waals surface area contributed by atoms with Crippen LogP contribution < -0.4 is 9.64 Å². The lowest BCUT2D eigenvalue weighted by Gasteiger charge is -2.38. The van der Waals surface area contributed by atoms with E-state index in [1.807, 2.05) is 40.1 Å². The van der Waals surface area contributed by atoms with Gasteiger partial charge in [-0.15, -0.1) is 0 Å². The SMILES string of the molecule is O=C(C1COc2ccccc2C1)N1CCN(c2ccccc2F)CC1. The molecular formula is C20H21FN2O2. The molecule has 0 spiro atoms. The summed E-state index contributed by atoms with van der Waals surface area (Å²) >= 11 is 0. The first-order valence-electron chi connectivity index (χ1n) is 8.71. The molecule has 0 bridgehead atoms. The first kappa shape index (κ1) is 15.9. The molecule has 1 unspecified atom stereocenters. The Kier molecular flexibility index (Phi) is 4.30. The fourth-order valence-corrected chi connectivity index (χ4v) is 3.62. The van der Waals surface area contributed by atoms with Crippen molar-refractivity contribution in [2.75, 3.05) is 37.7 Å². The lowest BCUT2D eigenvalue weighted by molar-refractivity contribution is -0.137. The van der Waals surface area contributed by atoms with E-state index in [2.05, 4.69) is 0 Å². The van der Waals surface area contributed by atoms with E-state index in [0.717, 1.165) is 17.7 Å². The van der Waals surface area contributed by atoms with Crippen molar-refractivity contribution >= 4 is 11.6 Å². The number of carbonyl (C=O) groups is 1. The van der Waals surface area contributed by atoms with Crippen molar-refractivity contribution in [1.29, 1.82) is 0 Å². The molecule has 4 nitrogen and oxygen atoms in total. The lowest BCUT2D eigenvalue weighted by atomic mass is 9.95. The molecule has 2 aliphatic rings. The molecule has 25 heavy (non-hydrogen) atoms. The third-order valence-corrected chi connectivity index (χ3v) is 5.01. The van der Waals surface area contributed by atoms with Crippen LogP contribution in [-0.2, 0) is 11.2 Å². The lowest BCUT2D eigenvalue weighted by Crippen LogP contribution is -2.51. The van der Waals surface area contributed by atoms with Crippen molar-refractivity contribution < 1.29 is 13.9 Å². The number of para-hydroxylation sites is 2. The first-order valence-corrected chi connectivity index (χ1v) is 8.71. The minimum absolute atomic E-state index is 0.130. The second-order valence-corrected chi connectivity index (χ2v) is 6.58. The molecule has 130 valence electrons. The quantitative estimate of drug-likeness (QED) is 0.843. The number of fused-ring (bicyclic) bond motifs is 1. The van der Waals surface area contributed by atoms with Crippen LogP contribution in [0.3, 0.4) is 0 Å². The molecule has 4 rings (SSSR count). The fraction of sp³-hybridized carbons (Fsp3) is 0.350. The van der Waals surface area contributed by atoms with Gasteiger partial charge in [0.25, 0.3) is 0 Å². The van der Waals surface area contributed by atoms with Crippen LogP contribution in [0.5, 0.6) is 5.75 Å². The summed E-state index contributed by atoms with van der Waals surface area (Å²) in [4.78, 5) is 16.7. The van der Waals surface area contributed by atoms with Gasteiger partial charge in [0, 0.05) is 26.2 Å². The number of ether oxygens (including phenoxy) is 1. The molecule has 1 amide bonds. The maximum absolute atomic E-state index is 13.9. The Morgan fingerprint density at radius 1 is 1.00 bits per heavy atom. The van der Waals surface area contributed by atoms with Gasteiger partial charge in [-0.1, -0.05) is 30.3 Å². The van der Waals surface area contributed by atoms with E-state index in [-0.39, 0.29) is 17.6 Å². The van der Waals surface area contributed by atoms with Gasteiger partial charge in [0.2, 0.25) is 5.91 Å². The van der Waals surface area contributed by atoms with E-state index in [0.29, 0.717) is 38.5 Å². The molecular weight excluding hydrogens is 319 g/mol. The number of carbonyl (C=O) groups excluding carboxylic acids is 1. The number of hydrogen-bond donors (Lipinski definition) is 0. The van der Waals surface area contributed by atoms with Crippen LogP contribution in [0.4, 0.5) is 10.1 Å². The van der Waals surface area contributed by atoms with Crippen LogP contribution in [0.25, 0.3) is 0 Å². The second kappa shape index (κ2) is 6.75. The number of hydrogen-bond acceptors (Lipinski definition) is 3. The summed E-state index contributed by atoms with van der Waals surface area (Å²) in [6.07, 6.45) is 0.725. The summed E-state index contributed by atoms with van der Waals surface area (Å²) < 4.78 is 19.7. The molecule has 5 heteroatoms. The molecule has 2 aliphatic heterocycles. The van der Waals surface area contributed by atoms with E-state index >= 15 is 0 Å². The van der Waals surface area contributed by atoms with Gasteiger partial charge in [0.15, 0.2) is 0 Å². The van der Waals surface area contributed by atoms with Gasteiger partial charge in [-0.05, 0) is 30.2 Å². The van der Waals surface area contributed by atoms with Crippen LogP contribution >= 0.6 is 0 Å². The minimum atomic E-state index is -0.209. The van der Waals surface area contributed by atoms with Crippen LogP contribution in [0.2, 0.25) is 0 Å². The van der Waals surface area contributed by atoms with Crippen molar-refractivity contribution in [2.24, 2.45) is 5.92 Å². The molecule has 2 aromatic carbocycles. The summed E-state index contributed by atoms with van der Waals surface area (Å²) in [6, 6.07) is 14.7. The number of benzene rings is 2. The van der Waals surface area contributed by atoms with Gasteiger partial charge < -0.3 is 14.5 Å². The highest BCUT2D eigenvalue weighted by molar-refractivity contribution is 5.80. The Bertz CT molecular complexity index is 772. The summed E-state index contributed by atoms with van der Waals surface area (Å²) in [6.45, 7) is 2.97. The second-order valence-electron chi connectivity index (χ2n) is 6.58. The van der Waals surface area contributed by atoms with E-state index in [9.17, 15) is 9.18 Å². The normalized spacial score (nSPS) is 20.0. The Morgan fingerprint density at radius 2 is 1.72 bits per heavy atom. The Morgan fingerprint density at radius 3 is 2.52 bits per heavy atom. The zero-order valence-electron chi connectivity index (χ0n) is 14.0. The summed E-state index contributed by atoms with van der Waals surface area (Å²) in [5.41, 5.74) is 1.71. The number of anilines is 1. The highest BCUT2D eigenvalue weighted by Gasteiger charge is 2.31. The van der Waals surface area contributed by atoms with Gasteiger partial charge >= 0.3 is 0 Å². The number of piperazine rings is 1. The van der Waals surface area contributed by atoms with Crippen LogP contribution in [0, 0.1) is 11.7 Å². The molecule has 0 N–H and O–H groups in total. The topological polar surface area (TPSA) is 32.8 Å². The van der Waals surface area contributed by atoms with Crippen LogP contribution in [-0.4, -0.2) is 43.6 Å². The maximum Gasteiger partial charge on any atom is 0.229 e. The number of halogens is 1. The molecule has 2 aromatic rings. The van der Waals surface area contributed by atoms with E-state index in [1.165, 1.54) is 6.07 Å². The molecule has 0 aromatic heterocycles. The van der Waals surface area contributed by atoms with Gasteiger partial charge in [-0.2, -0.15) is 0 Å². The van der Waals surface area contributed by atoms with Crippen molar-refractivity contribution in [1.82, 2.24) is 4.90 Å². The molecule has 0 radical (unpaired) electrons. The van der Waals surface area contributed by atoms with Crippen molar-refractivity contribution in [2.45, 2.75) is 6.42 Å². The highest BCUT2D eigenvalue weighted by atomic mass is 19.1. The first-order chi connectivity index (χ1) is 12.2. The number of rotatable bonds is 2. The number of amides is 1. The van der Waals surface area contributed by atoms with Crippen LogP contribution in [0.15, 0.2) is 48.5 Å². The maximum atomic E-state index is 13.9. The average Bonchev–Trinajstić information content (AvgIpc) is 2.67. The summed E-state index contributed by atoms with van der Waals surface area (Å²) in [5.74, 6) is 0.688. The van der Waals surface area contributed by atoms with E-state index in [1.54, 1.807) is 12.1 Å². The molecule has 1 saturated heterocycles. The highest BCUT2D eigenvalue weighted by Crippen LogP contribution is 2.28. The standard InChI is InChI=1S/C20H21FN2O2/c21-17-6-2-3-7-18(17)22-9-11-23(12-10-22)20(24)16-13-15-5-1-4-8-19(15)25-14-16/h1-8,16H,9-14H2. The molecule has 1 atom stereocenters. The Labute approximate surface area is 146 Å². The monoisotopic (exact) mass is 340 g/mol. The largest absolute Gasteiger partial charge is 0.492 e. The Hall–Kier alpha value is -2.56. The smallest absolute Gasteiger partial charge is 0.229 e. The molecule has 0 aliphatic carbocycles. The fourth-order valence-electron chi connectivity index (χ4n) is 3.62. The zero-order chi connectivity index (χ0) is 17.2.